The summed E-state index contributed by atoms with van der Waals surface area (Å²) < 4.78 is 14.3. The predicted octanol–water partition coefficient (Wildman–Crippen LogP) is 9.45. The smallest absolute Gasteiger partial charge is 0.330 e. The van der Waals surface area contributed by atoms with Crippen LogP contribution in [0.3, 0.4) is 0 Å². The van der Waals surface area contributed by atoms with E-state index in [1.54, 1.807) is 12.2 Å². The molecular weight excluding hydrogens is 686 g/mol. The lowest BCUT2D eigenvalue weighted by Crippen LogP contribution is -2.28. The van der Waals surface area contributed by atoms with Gasteiger partial charge in [0.1, 0.15) is 6.10 Å². The van der Waals surface area contributed by atoms with Gasteiger partial charge >= 0.3 is 11.9 Å². The van der Waals surface area contributed by atoms with Gasteiger partial charge in [-0.15, -0.1) is 12.4 Å². The van der Waals surface area contributed by atoms with Gasteiger partial charge in [0, 0.05) is 24.7 Å². The highest BCUT2D eigenvalue weighted by atomic mass is 35.5. The van der Waals surface area contributed by atoms with E-state index >= 15 is 0 Å². The fourth-order valence-electron chi connectivity index (χ4n) is 6.77. The van der Waals surface area contributed by atoms with Gasteiger partial charge < -0.3 is 19.3 Å². The highest BCUT2D eigenvalue weighted by Gasteiger charge is 2.28. The molecule has 0 radical (unpaired) electrons. The van der Waals surface area contributed by atoms with Crippen molar-refractivity contribution in [2.45, 2.75) is 62.7 Å². The number of methoxy groups -OCH3 is 2. The van der Waals surface area contributed by atoms with Crippen molar-refractivity contribution in [1.29, 1.82) is 0 Å². The molecule has 2 saturated heterocycles. The Labute approximate surface area is 320 Å². The maximum Gasteiger partial charge on any atom is 0.330 e. The number of likely N-dealkylation sites (tertiary alicyclic amines) is 1. The van der Waals surface area contributed by atoms with Crippen LogP contribution in [-0.4, -0.2) is 55.9 Å². The third-order valence-electron chi connectivity index (χ3n) is 9.77. The number of aliphatic hydroxyl groups excluding tert-OH is 1. The minimum Gasteiger partial charge on any atom is -0.466 e. The first-order valence-corrected chi connectivity index (χ1v) is 18.3. The van der Waals surface area contributed by atoms with Crippen LogP contribution in [0.15, 0.2) is 121 Å². The molecule has 4 aromatic rings. The van der Waals surface area contributed by atoms with Crippen molar-refractivity contribution in [2.24, 2.45) is 0 Å². The molecule has 53 heavy (non-hydrogen) atoms. The molecule has 2 aliphatic heterocycles. The summed E-state index contributed by atoms with van der Waals surface area (Å²) in [5, 5.41) is 10.5. The van der Waals surface area contributed by atoms with E-state index in [0.717, 1.165) is 48.6 Å². The molecule has 4 aromatic carbocycles. The van der Waals surface area contributed by atoms with Gasteiger partial charge in [0.05, 0.1) is 26.9 Å². The van der Waals surface area contributed by atoms with Crippen molar-refractivity contribution in [2.75, 3.05) is 33.9 Å². The third kappa shape index (κ3) is 13.4. The van der Waals surface area contributed by atoms with Crippen molar-refractivity contribution in [3.05, 3.63) is 155 Å². The minimum atomic E-state index is -0.473. The molecule has 1 aliphatic carbocycles. The lowest BCUT2D eigenvalue weighted by Gasteiger charge is -2.27. The molecule has 3 atom stereocenters. The van der Waals surface area contributed by atoms with Crippen LogP contribution in [0.2, 0.25) is 0 Å². The quantitative estimate of drug-likeness (QED) is 0.0986. The largest absolute Gasteiger partial charge is 0.466 e. The van der Waals surface area contributed by atoms with Gasteiger partial charge in [0.25, 0.3) is 0 Å². The first-order chi connectivity index (χ1) is 25.4. The van der Waals surface area contributed by atoms with Crippen molar-refractivity contribution in [3.63, 3.8) is 0 Å². The lowest BCUT2D eigenvalue weighted by molar-refractivity contribution is -0.135. The number of ether oxygens (including phenoxy) is 3. The number of esters is 2. The van der Waals surface area contributed by atoms with E-state index in [-0.39, 0.29) is 24.3 Å². The van der Waals surface area contributed by atoms with Gasteiger partial charge in [-0.2, -0.15) is 0 Å². The number of carbonyl (C=O) groups is 2. The maximum absolute atomic E-state index is 11.2. The standard InChI is InChI=1S/C22H25NO3.C15H18O2.C8H8O.ClH/c1-26-22(25)14-11-17-9-12-18(13-10-17)20-8-5-15-23(20)16-21(24)19-6-3-2-4-7-19;1-17-15(16)11-8-12-6-9-14(10-7-12)13-4-2-3-5-13;1-2-4-7(5-3-1)8-6-9-8;/h2-4,6-7,9-14,20-21,24H,5,8,15-16H2,1H3;6-11,13H,2-5H2,1H3;1-5,8H,6H2;1H/b14-11+;11-8+;;/t20-,21?;;;/m0.../s1. The van der Waals surface area contributed by atoms with Crippen molar-refractivity contribution >= 4 is 36.5 Å². The van der Waals surface area contributed by atoms with Gasteiger partial charge in [-0.3, -0.25) is 4.90 Å². The molecule has 7 rings (SSSR count). The second kappa shape index (κ2) is 21.9. The monoisotopic (exact) mass is 737 g/mol. The number of hydrogen-bond acceptors (Lipinski definition) is 7. The molecule has 3 fully saturated rings. The summed E-state index contributed by atoms with van der Waals surface area (Å²) in [7, 11) is 2.75. The summed E-state index contributed by atoms with van der Waals surface area (Å²) >= 11 is 0. The number of halogens is 1. The average Bonchev–Trinajstić information content (AvgIpc) is 3.71. The number of nitrogens with zero attached hydrogens (tertiary/aromatic N) is 1. The average molecular weight is 738 g/mol. The molecule has 0 amide bonds. The van der Waals surface area contributed by atoms with Gasteiger partial charge in [0.2, 0.25) is 0 Å². The molecular formula is C45H52ClNO6. The summed E-state index contributed by atoms with van der Waals surface area (Å²) in [6, 6.07) is 37.1. The number of carbonyl (C=O) groups excluding carboxylic acids is 2. The van der Waals surface area contributed by atoms with Crippen molar-refractivity contribution in [3.8, 4) is 0 Å². The van der Waals surface area contributed by atoms with Crippen LogP contribution in [0.4, 0.5) is 0 Å². The van der Waals surface area contributed by atoms with Crippen LogP contribution in [0.25, 0.3) is 12.2 Å². The van der Waals surface area contributed by atoms with E-state index in [1.807, 2.05) is 60.7 Å². The molecule has 0 spiro atoms. The zero-order chi connectivity index (χ0) is 36.5. The van der Waals surface area contributed by atoms with Gasteiger partial charge in [-0.25, -0.2) is 9.59 Å². The first-order valence-electron chi connectivity index (χ1n) is 18.3. The Morgan fingerprint density at radius 1 is 0.717 bits per heavy atom. The molecule has 2 unspecified atom stereocenters. The number of rotatable bonds is 10. The van der Waals surface area contributed by atoms with Gasteiger partial charge in [-0.1, -0.05) is 122 Å². The summed E-state index contributed by atoms with van der Waals surface area (Å²) in [6.45, 7) is 2.54. The van der Waals surface area contributed by atoms with Crippen molar-refractivity contribution < 1.29 is 28.9 Å². The van der Waals surface area contributed by atoms with E-state index in [1.165, 1.54) is 68.7 Å². The number of β-amino-alcohol motifs (C(OH)–C–C–N with tert-alkyl or cyclic N) is 1. The second-order valence-electron chi connectivity index (χ2n) is 13.3. The summed E-state index contributed by atoms with van der Waals surface area (Å²) in [5.41, 5.74) is 6.94. The van der Waals surface area contributed by atoms with Crippen LogP contribution < -0.4 is 0 Å². The van der Waals surface area contributed by atoms with Crippen LogP contribution in [-0.2, 0) is 23.8 Å². The summed E-state index contributed by atoms with van der Waals surface area (Å²) in [6.07, 6.45) is 13.9. The topological polar surface area (TPSA) is 88.6 Å². The maximum atomic E-state index is 11.2. The molecule has 7 nitrogen and oxygen atoms in total. The second-order valence-corrected chi connectivity index (χ2v) is 13.3. The number of hydrogen-bond donors (Lipinski definition) is 1. The Morgan fingerprint density at radius 2 is 1.23 bits per heavy atom. The third-order valence-corrected chi connectivity index (χ3v) is 9.77. The molecule has 1 saturated carbocycles. The van der Waals surface area contributed by atoms with Crippen LogP contribution in [0.1, 0.15) is 96.1 Å². The van der Waals surface area contributed by atoms with E-state index in [4.69, 9.17) is 4.74 Å². The fourth-order valence-corrected chi connectivity index (χ4v) is 6.77. The normalized spacial score (nSPS) is 18.6. The molecule has 0 aromatic heterocycles. The molecule has 3 aliphatic rings. The predicted molar refractivity (Wildman–Crippen MR) is 214 cm³/mol. The highest BCUT2D eigenvalue weighted by molar-refractivity contribution is 5.87. The number of epoxide rings is 1. The Hall–Kier alpha value is -4.53. The number of aliphatic hydroxyl groups is 1. The number of benzene rings is 4. The highest BCUT2D eigenvalue weighted by Crippen LogP contribution is 2.35. The molecule has 2 heterocycles. The van der Waals surface area contributed by atoms with Crippen LogP contribution in [0, 0.1) is 0 Å². The van der Waals surface area contributed by atoms with E-state index < -0.39 is 6.10 Å². The van der Waals surface area contributed by atoms with Crippen LogP contribution >= 0.6 is 12.4 Å². The molecule has 8 heteroatoms. The molecule has 0 bridgehead atoms. The van der Waals surface area contributed by atoms with Crippen molar-refractivity contribution in [1.82, 2.24) is 4.90 Å². The lowest BCUT2D eigenvalue weighted by atomic mass is 9.97. The van der Waals surface area contributed by atoms with Gasteiger partial charge in [0.15, 0.2) is 0 Å². The van der Waals surface area contributed by atoms with E-state index in [2.05, 4.69) is 62.9 Å². The van der Waals surface area contributed by atoms with E-state index in [9.17, 15) is 14.7 Å². The fraction of sp³-hybridized carbons (Fsp3) is 0.333. The van der Waals surface area contributed by atoms with E-state index in [0.29, 0.717) is 18.7 Å². The summed E-state index contributed by atoms with van der Waals surface area (Å²) in [5.74, 6) is 0.0736. The Morgan fingerprint density at radius 3 is 1.74 bits per heavy atom. The van der Waals surface area contributed by atoms with Crippen LogP contribution in [0.5, 0.6) is 0 Å². The SMILES string of the molecule is COC(=O)/C=C/c1ccc(C2CCCC2)cc1.COC(=O)/C=C/c1ccc([C@@H]2CCCN2CC(O)c2ccccc2)cc1.Cl.c1ccc(C2CO2)cc1. The Balaban J connectivity index is 0.000000198. The Kier molecular flexibility index (Phi) is 17.0. The minimum absolute atomic E-state index is 0. The summed E-state index contributed by atoms with van der Waals surface area (Å²) in [4.78, 5) is 24.5. The zero-order valence-electron chi connectivity index (χ0n) is 30.7. The zero-order valence-corrected chi connectivity index (χ0v) is 31.5. The molecule has 1 N–H and O–H groups in total. The van der Waals surface area contributed by atoms with Gasteiger partial charge in [-0.05, 0) is 83.7 Å². The Bertz CT molecular complexity index is 1720. The first kappa shape index (κ1) is 41.2. The molecule has 280 valence electrons.